The Morgan fingerprint density at radius 2 is 1.88 bits per heavy atom. The van der Waals surface area contributed by atoms with Crippen LogP contribution in [0.3, 0.4) is 0 Å². The van der Waals surface area contributed by atoms with E-state index in [2.05, 4.69) is 32.5 Å². The molecule has 0 amide bonds. The van der Waals surface area contributed by atoms with Crippen LogP contribution in [-0.4, -0.2) is 75.7 Å². The van der Waals surface area contributed by atoms with E-state index in [1.54, 1.807) is 19.2 Å². The van der Waals surface area contributed by atoms with E-state index >= 15 is 0 Å². The van der Waals surface area contributed by atoms with Crippen molar-refractivity contribution in [3.8, 4) is 0 Å². The number of guanidine groups is 1. The van der Waals surface area contributed by atoms with Gasteiger partial charge in [0.05, 0.1) is 0 Å². The summed E-state index contributed by atoms with van der Waals surface area (Å²) in [5, 5.41) is 6.63. The highest BCUT2D eigenvalue weighted by Crippen LogP contribution is 2.03. The SMILES string of the molecule is CN=C(NCCCCN1CCN(C)CC1)NCCc1cccc(F)c1. The number of hydrogen-bond donors (Lipinski definition) is 2. The summed E-state index contributed by atoms with van der Waals surface area (Å²) in [6.45, 7) is 7.58. The fraction of sp³-hybridized carbons (Fsp3) is 0.632. The molecule has 2 rings (SSSR count). The number of rotatable bonds is 8. The predicted molar refractivity (Wildman–Crippen MR) is 103 cm³/mol. The van der Waals surface area contributed by atoms with Crippen LogP contribution in [0.5, 0.6) is 0 Å². The van der Waals surface area contributed by atoms with E-state index in [1.165, 1.54) is 45.2 Å². The largest absolute Gasteiger partial charge is 0.356 e. The molecule has 0 radical (unpaired) electrons. The molecule has 0 spiro atoms. The molecule has 1 aromatic carbocycles. The van der Waals surface area contributed by atoms with Crippen molar-refractivity contribution < 1.29 is 4.39 Å². The summed E-state index contributed by atoms with van der Waals surface area (Å²) in [6, 6.07) is 6.74. The van der Waals surface area contributed by atoms with Crippen molar-refractivity contribution in [3.05, 3.63) is 35.6 Å². The molecule has 2 N–H and O–H groups in total. The van der Waals surface area contributed by atoms with E-state index in [0.717, 1.165) is 37.5 Å². The maximum Gasteiger partial charge on any atom is 0.190 e. The van der Waals surface area contributed by atoms with Crippen LogP contribution in [-0.2, 0) is 6.42 Å². The van der Waals surface area contributed by atoms with Gasteiger partial charge in [-0.1, -0.05) is 12.1 Å². The number of halogens is 1. The van der Waals surface area contributed by atoms with E-state index < -0.39 is 0 Å². The Morgan fingerprint density at radius 1 is 1.12 bits per heavy atom. The van der Waals surface area contributed by atoms with Gasteiger partial charge in [0, 0.05) is 46.3 Å². The van der Waals surface area contributed by atoms with Crippen LogP contribution in [0.2, 0.25) is 0 Å². The first-order valence-corrected chi connectivity index (χ1v) is 9.27. The molecule has 0 bridgehead atoms. The lowest BCUT2D eigenvalue weighted by Crippen LogP contribution is -2.44. The summed E-state index contributed by atoms with van der Waals surface area (Å²) >= 11 is 0. The van der Waals surface area contributed by atoms with Gasteiger partial charge in [-0.2, -0.15) is 0 Å². The van der Waals surface area contributed by atoms with Crippen molar-refractivity contribution in [1.29, 1.82) is 0 Å². The number of unbranched alkanes of at least 4 members (excludes halogenated alkanes) is 1. The second kappa shape index (κ2) is 11.1. The molecule has 0 aromatic heterocycles. The maximum atomic E-state index is 13.1. The van der Waals surface area contributed by atoms with Crippen LogP contribution < -0.4 is 10.6 Å². The Labute approximate surface area is 151 Å². The molecule has 1 aliphatic heterocycles. The summed E-state index contributed by atoms with van der Waals surface area (Å²) in [7, 11) is 3.97. The molecule has 5 nitrogen and oxygen atoms in total. The quantitative estimate of drug-likeness (QED) is 0.425. The van der Waals surface area contributed by atoms with Gasteiger partial charge in [-0.25, -0.2) is 4.39 Å². The molecule has 1 aromatic rings. The van der Waals surface area contributed by atoms with Crippen LogP contribution in [0.25, 0.3) is 0 Å². The zero-order valence-electron chi connectivity index (χ0n) is 15.6. The van der Waals surface area contributed by atoms with Crippen molar-refractivity contribution in [2.24, 2.45) is 4.99 Å². The zero-order valence-corrected chi connectivity index (χ0v) is 15.6. The number of nitrogens with one attached hydrogen (secondary N) is 2. The number of aliphatic imine (C=N–C) groups is 1. The molecule has 0 atom stereocenters. The van der Waals surface area contributed by atoms with Gasteiger partial charge in [0.25, 0.3) is 0 Å². The highest BCUT2D eigenvalue weighted by atomic mass is 19.1. The normalized spacial score (nSPS) is 16.8. The monoisotopic (exact) mass is 349 g/mol. The Bertz CT molecular complexity index is 526. The van der Waals surface area contributed by atoms with Gasteiger partial charge in [0.1, 0.15) is 5.82 Å². The number of piperazine rings is 1. The van der Waals surface area contributed by atoms with Crippen molar-refractivity contribution in [1.82, 2.24) is 20.4 Å². The molecular formula is C19H32FN5. The lowest BCUT2D eigenvalue weighted by Gasteiger charge is -2.32. The molecule has 0 saturated carbocycles. The van der Waals surface area contributed by atoms with Gasteiger partial charge in [-0.15, -0.1) is 0 Å². The molecule has 6 heteroatoms. The van der Waals surface area contributed by atoms with Crippen LogP contribution in [0.1, 0.15) is 18.4 Å². The minimum Gasteiger partial charge on any atom is -0.356 e. The Hall–Kier alpha value is -1.66. The minimum absolute atomic E-state index is 0.180. The minimum atomic E-state index is -0.180. The topological polar surface area (TPSA) is 42.9 Å². The first kappa shape index (κ1) is 19.7. The molecule has 0 aliphatic carbocycles. The maximum absolute atomic E-state index is 13.1. The molecule has 140 valence electrons. The third kappa shape index (κ3) is 7.84. The third-order valence-electron chi connectivity index (χ3n) is 4.61. The van der Waals surface area contributed by atoms with E-state index in [1.807, 2.05) is 6.07 Å². The standard InChI is InChI=1S/C19H32FN5/c1-21-19(23-10-8-17-6-5-7-18(20)16-17)22-9-3-4-11-25-14-12-24(2)13-15-25/h5-7,16H,3-4,8-15H2,1-2H3,(H2,21,22,23). The fourth-order valence-corrected chi connectivity index (χ4v) is 2.98. The lowest BCUT2D eigenvalue weighted by molar-refractivity contribution is 0.152. The second-order valence-electron chi connectivity index (χ2n) is 6.66. The summed E-state index contributed by atoms with van der Waals surface area (Å²) in [4.78, 5) is 9.17. The summed E-state index contributed by atoms with van der Waals surface area (Å²) in [5.74, 6) is 0.636. The molecule has 1 fully saturated rings. The first-order chi connectivity index (χ1) is 12.2. The van der Waals surface area contributed by atoms with Gasteiger partial charge in [0.2, 0.25) is 0 Å². The van der Waals surface area contributed by atoms with Gasteiger partial charge >= 0.3 is 0 Å². The van der Waals surface area contributed by atoms with E-state index in [9.17, 15) is 4.39 Å². The van der Waals surface area contributed by atoms with Crippen molar-refractivity contribution in [2.45, 2.75) is 19.3 Å². The Morgan fingerprint density at radius 3 is 2.60 bits per heavy atom. The highest BCUT2D eigenvalue weighted by Gasteiger charge is 2.12. The van der Waals surface area contributed by atoms with Crippen LogP contribution in [0, 0.1) is 5.82 Å². The van der Waals surface area contributed by atoms with Crippen LogP contribution >= 0.6 is 0 Å². The number of likely N-dealkylation sites (N-methyl/N-ethyl adjacent to an activating group) is 1. The van der Waals surface area contributed by atoms with Crippen LogP contribution in [0.15, 0.2) is 29.3 Å². The average Bonchev–Trinajstić information content (AvgIpc) is 2.61. The van der Waals surface area contributed by atoms with Gasteiger partial charge in [-0.05, 0) is 50.6 Å². The Kier molecular flexibility index (Phi) is 8.69. The summed E-state index contributed by atoms with van der Waals surface area (Å²) in [5.41, 5.74) is 0.995. The third-order valence-corrected chi connectivity index (χ3v) is 4.61. The molecule has 1 heterocycles. The Balaban J connectivity index is 1.53. The first-order valence-electron chi connectivity index (χ1n) is 9.27. The van der Waals surface area contributed by atoms with E-state index in [4.69, 9.17) is 0 Å². The summed E-state index contributed by atoms with van der Waals surface area (Å²) < 4.78 is 13.1. The number of hydrogen-bond acceptors (Lipinski definition) is 3. The average molecular weight is 349 g/mol. The number of nitrogens with zero attached hydrogens (tertiary/aromatic N) is 3. The highest BCUT2D eigenvalue weighted by molar-refractivity contribution is 5.79. The molecule has 1 saturated heterocycles. The number of benzene rings is 1. The fourth-order valence-electron chi connectivity index (χ4n) is 2.98. The van der Waals surface area contributed by atoms with Crippen molar-refractivity contribution in [2.75, 3.05) is 59.9 Å². The van der Waals surface area contributed by atoms with Gasteiger partial charge in [-0.3, -0.25) is 4.99 Å². The van der Waals surface area contributed by atoms with Gasteiger partial charge in [0.15, 0.2) is 5.96 Å². The summed E-state index contributed by atoms with van der Waals surface area (Å²) in [6.07, 6.45) is 3.12. The van der Waals surface area contributed by atoms with Crippen molar-refractivity contribution in [3.63, 3.8) is 0 Å². The molecule has 25 heavy (non-hydrogen) atoms. The smallest absolute Gasteiger partial charge is 0.190 e. The second-order valence-corrected chi connectivity index (χ2v) is 6.66. The lowest BCUT2D eigenvalue weighted by atomic mass is 10.1. The molecule has 0 unspecified atom stereocenters. The molecule has 1 aliphatic rings. The molecular weight excluding hydrogens is 317 g/mol. The predicted octanol–water partition coefficient (Wildman–Crippen LogP) is 1.56. The van der Waals surface area contributed by atoms with Crippen molar-refractivity contribution >= 4 is 5.96 Å². The van der Waals surface area contributed by atoms with E-state index in [0.29, 0.717) is 0 Å². The zero-order chi connectivity index (χ0) is 17.9. The van der Waals surface area contributed by atoms with Gasteiger partial charge < -0.3 is 20.4 Å². The van der Waals surface area contributed by atoms with E-state index in [-0.39, 0.29) is 5.82 Å². The van der Waals surface area contributed by atoms with Crippen LogP contribution in [0.4, 0.5) is 4.39 Å².